The average Bonchev–Trinajstić information content (AvgIpc) is 2.14. The highest BCUT2D eigenvalue weighted by Crippen LogP contribution is 2.38. The maximum absolute atomic E-state index is 2.30. The Balaban J connectivity index is 2.59. The molecule has 0 saturated heterocycles. The van der Waals surface area contributed by atoms with E-state index in [0.717, 1.165) is 0 Å². The summed E-state index contributed by atoms with van der Waals surface area (Å²) in [5.41, 5.74) is 0. The maximum atomic E-state index is 2.30. The Kier molecular flexibility index (Phi) is 1.79. The van der Waals surface area contributed by atoms with Gasteiger partial charge in [-0.25, -0.2) is 10.9 Å². The summed E-state index contributed by atoms with van der Waals surface area (Å²) in [7, 11) is 0.152. The Morgan fingerprint density at radius 3 is 2.62 bits per heavy atom. The van der Waals surface area contributed by atoms with E-state index < -0.39 is 0 Å². The highest BCUT2D eigenvalue weighted by Gasteiger charge is 2.00. The summed E-state index contributed by atoms with van der Waals surface area (Å²) in [4.78, 5) is 1.63. The number of rotatable bonds is 1. The number of hydrogen-bond donors (Lipinski definition) is 1. The molecule has 1 unspecified atom stereocenters. The van der Waals surface area contributed by atoms with Crippen LogP contribution in [0.2, 0.25) is 0 Å². The molecule has 0 radical (unpaired) electrons. The summed E-state index contributed by atoms with van der Waals surface area (Å²) >= 11 is 0. The van der Waals surface area contributed by atoms with Crippen molar-refractivity contribution in [3.63, 3.8) is 0 Å². The highest BCUT2D eigenvalue weighted by molar-refractivity contribution is 8.22. The van der Waals surface area contributed by atoms with Crippen molar-refractivity contribution in [3.8, 4) is 0 Å². The van der Waals surface area contributed by atoms with Gasteiger partial charge in [0.2, 0.25) is 0 Å². The molecule has 1 aliphatic heterocycles. The van der Waals surface area contributed by atoms with Gasteiger partial charge in [-0.3, -0.25) is 0 Å². The normalized spacial score (nSPS) is 30.8. The van der Waals surface area contributed by atoms with Gasteiger partial charge in [-0.2, -0.15) is 0 Å². The molecule has 0 aliphatic carbocycles. The first kappa shape index (κ1) is 5.96. The molecule has 1 heterocycles. The summed E-state index contributed by atoms with van der Waals surface area (Å²) < 4.78 is 0. The van der Waals surface area contributed by atoms with E-state index in [0.29, 0.717) is 0 Å². The molecular weight excluding hydrogens is 116 g/mol. The molecule has 0 N–H and O–H groups in total. The van der Waals surface area contributed by atoms with Crippen LogP contribution in [0.1, 0.15) is 13.3 Å². The minimum atomic E-state index is 0.152. The van der Waals surface area contributed by atoms with E-state index in [1.807, 2.05) is 0 Å². The minimum absolute atomic E-state index is 0.152. The lowest BCUT2D eigenvalue weighted by molar-refractivity contribution is 1.20. The highest BCUT2D eigenvalue weighted by atomic mass is 32.2. The molecule has 0 aromatic heterocycles. The molecule has 0 saturated carbocycles. The van der Waals surface area contributed by atoms with Gasteiger partial charge in [0.05, 0.1) is 0 Å². The van der Waals surface area contributed by atoms with Crippen molar-refractivity contribution in [3.05, 3.63) is 22.5 Å². The third kappa shape index (κ3) is 0.972. The lowest BCUT2D eigenvalue weighted by Crippen LogP contribution is -1.72. The minimum Gasteiger partial charge on any atom is -0.213 e. The lowest BCUT2D eigenvalue weighted by Gasteiger charge is -2.07. The van der Waals surface area contributed by atoms with Gasteiger partial charge in [-0.15, -0.1) is 0 Å². The Bertz CT molecular complexity index is 133. The van der Waals surface area contributed by atoms with Gasteiger partial charge in [0.25, 0.3) is 0 Å². The zero-order valence-electron chi connectivity index (χ0n) is 5.39. The van der Waals surface area contributed by atoms with Crippen LogP contribution in [0.3, 0.4) is 0 Å². The van der Waals surface area contributed by atoms with Crippen LogP contribution in [0.15, 0.2) is 22.5 Å². The zero-order valence-corrected chi connectivity index (χ0v) is 6.28. The molecule has 0 fully saturated rings. The molecule has 1 rings (SSSR count). The fourth-order valence-corrected chi connectivity index (χ4v) is 2.22. The molecule has 0 nitrogen and oxygen atoms in total. The second kappa shape index (κ2) is 2.40. The van der Waals surface area contributed by atoms with Crippen LogP contribution in [-0.2, 0) is 0 Å². The van der Waals surface area contributed by atoms with Crippen LogP contribution in [0.5, 0.6) is 0 Å². The first-order valence-electron chi connectivity index (χ1n) is 2.95. The molecule has 1 heteroatoms. The maximum Gasteiger partial charge on any atom is -0.0261 e. The quantitative estimate of drug-likeness (QED) is 0.515. The average molecular weight is 128 g/mol. The SMILES string of the molecule is CCC1=CC=C[SH]1C. The number of allylic oxidation sites excluding steroid dienone is 3. The van der Waals surface area contributed by atoms with Crippen molar-refractivity contribution in [1.29, 1.82) is 0 Å². The van der Waals surface area contributed by atoms with Crippen LogP contribution in [0.25, 0.3) is 0 Å². The van der Waals surface area contributed by atoms with E-state index >= 15 is 0 Å². The van der Waals surface area contributed by atoms with Gasteiger partial charge in [-0.05, 0) is 23.0 Å². The second-order valence-electron chi connectivity index (χ2n) is 1.96. The molecule has 8 heavy (non-hydrogen) atoms. The van der Waals surface area contributed by atoms with Crippen molar-refractivity contribution >= 4 is 10.9 Å². The van der Waals surface area contributed by atoms with Crippen LogP contribution in [0, 0.1) is 0 Å². The van der Waals surface area contributed by atoms with E-state index in [2.05, 4.69) is 30.7 Å². The molecule has 46 valence electrons. The lowest BCUT2D eigenvalue weighted by atomic mass is 10.4. The predicted molar refractivity (Wildman–Crippen MR) is 42.4 cm³/mol. The van der Waals surface area contributed by atoms with Crippen molar-refractivity contribution in [2.45, 2.75) is 13.3 Å². The largest absolute Gasteiger partial charge is 0.213 e. The van der Waals surface area contributed by atoms with E-state index in [1.54, 1.807) is 4.91 Å². The Hall–Kier alpha value is -0.170. The van der Waals surface area contributed by atoms with Crippen molar-refractivity contribution in [1.82, 2.24) is 0 Å². The van der Waals surface area contributed by atoms with Gasteiger partial charge < -0.3 is 0 Å². The van der Waals surface area contributed by atoms with Crippen molar-refractivity contribution in [2.24, 2.45) is 0 Å². The summed E-state index contributed by atoms with van der Waals surface area (Å²) in [6.07, 6.45) is 7.94. The topological polar surface area (TPSA) is 0 Å². The molecule has 0 spiro atoms. The van der Waals surface area contributed by atoms with Gasteiger partial charge in [0.1, 0.15) is 0 Å². The monoisotopic (exact) mass is 128 g/mol. The molecule has 1 atom stereocenters. The fourth-order valence-electron chi connectivity index (χ4n) is 0.864. The van der Waals surface area contributed by atoms with E-state index in [9.17, 15) is 0 Å². The van der Waals surface area contributed by atoms with E-state index in [-0.39, 0.29) is 10.9 Å². The van der Waals surface area contributed by atoms with Crippen LogP contribution in [0.4, 0.5) is 0 Å². The molecular formula is C7H12S. The molecule has 0 amide bonds. The summed E-state index contributed by atoms with van der Waals surface area (Å²) in [5, 5.41) is 2.30. The van der Waals surface area contributed by atoms with Gasteiger partial charge in [-0.1, -0.05) is 19.1 Å². The first-order valence-corrected chi connectivity index (χ1v) is 4.80. The number of thiol groups is 1. The third-order valence-electron chi connectivity index (χ3n) is 1.41. The Morgan fingerprint density at radius 2 is 2.38 bits per heavy atom. The fraction of sp³-hybridized carbons (Fsp3) is 0.429. The second-order valence-corrected chi connectivity index (χ2v) is 4.06. The molecule has 0 aromatic rings. The third-order valence-corrected chi connectivity index (χ3v) is 3.40. The summed E-state index contributed by atoms with van der Waals surface area (Å²) in [6.45, 7) is 2.22. The van der Waals surface area contributed by atoms with Crippen LogP contribution in [-0.4, -0.2) is 6.26 Å². The summed E-state index contributed by atoms with van der Waals surface area (Å²) in [5.74, 6) is 0. The Labute approximate surface area is 53.6 Å². The molecule has 0 aromatic carbocycles. The standard InChI is InChI=1S/C7H12S/c1-3-7-5-4-6-8(7)2/h4-6,8H,3H2,1-2H3. The van der Waals surface area contributed by atoms with E-state index in [4.69, 9.17) is 0 Å². The van der Waals surface area contributed by atoms with Crippen LogP contribution < -0.4 is 0 Å². The molecule has 0 bridgehead atoms. The number of hydrogen-bond acceptors (Lipinski definition) is 0. The van der Waals surface area contributed by atoms with Gasteiger partial charge in [0, 0.05) is 0 Å². The first-order chi connectivity index (χ1) is 3.84. The Morgan fingerprint density at radius 1 is 1.62 bits per heavy atom. The van der Waals surface area contributed by atoms with E-state index in [1.165, 1.54) is 6.42 Å². The van der Waals surface area contributed by atoms with Crippen molar-refractivity contribution in [2.75, 3.05) is 6.26 Å². The smallest absolute Gasteiger partial charge is 0.0261 e. The molecule has 1 aliphatic rings. The van der Waals surface area contributed by atoms with Gasteiger partial charge in [0.15, 0.2) is 0 Å². The predicted octanol–water partition coefficient (Wildman–Crippen LogP) is 2.44. The summed E-state index contributed by atoms with van der Waals surface area (Å²) in [6, 6.07) is 0. The zero-order chi connectivity index (χ0) is 5.98. The van der Waals surface area contributed by atoms with Crippen molar-refractivity contribution < 1.29 is 0 Å². The van der Waals surface area contributed by atoms with Crippen LogP contribution >= 0.6 is 10.9 Å². The van der Waals surface area contributed by atoms with Gasteiger partial charge >= 0.3 is 0 Å².